The van der Waals surface area contributed by atoms with E-state index in [2.05, 4.69) is 0 Å². The number of rotatable bonds is 6. The average molecular weight is 249 g/mol. The molecule has 0 aliphatic heterocycles. The summed E-state index contributed by atoms with van der Waals surface area (Å²) < 4.78 is 5.13. The number of hydrogen-bond acceptors (Lipinski definition) is 3. The second-order valence-corrected chi connectivity index (χ2v) is 3.99. The number of nitrogens with zero attached hydrogens (tertiary/aromatic N) is 1. The SMILES string of the molecule is CCN(CCC(=O)OCc1ccccc1)C(C)=O. The summed E-state index contributed by atoms with van der Waals surface area (Å²) >= 11 is 0. The summed E-state index contributed by atoms with van der Waals surface area (Å²) in [4.78, 5) is 24.3. The summed E-state index contributed by atoms with van der Waals surface area (Å²) in [6, 6.07) is 9.52. The Kier molecular flexibility index (Phi) is 5.91. The maximum absolute atomic E-state index is 11.5. The molecule has 0 fully saturated rings. The normalized spacial score (nSPS) is 9.89. The Morgan fingerprint density at radius 1 is 1.22 bits per heavy atom. The van der Waals surface area contributed by atoms with E-state index in [4.69, 9.17) is 4.74 Å². The van der Waals surface area contributed by atoms with Crippen LogP contribution in [0.2, 0.25) is 0 Å². The van der Waals surface area contributed by atoms with Crippen LogP contribution in [0.5, 0.6) is 0 Å². The monoisotopic (exact) mass is 249 g/mol. The molecule has 0 aromatic heterocycles. The highest BCUT2D eigenvalue weighted by Crippen LogP contribution is 2.02. The first-order valence-corrected chi connectivity index (χ1v) is 6.08. The van der Waals surface area contributed by atoms with E-state index in [1.807, 2.05) is 37.3 Å². The number of amides is 1. The topological polar surface area (TPSA) is 46.6 Å². The van der Waals surface area contributed by atoms with Crippen LogP contribution in [0.1, 0.15) is 25.8 Å². The molecular formula is C14H19NO3. The van der Waals surface area contributed by atoms with Crippen LogP contribution < -0.4 is 0 Å². The predicted molar refractivity (Wildman–Crippen MR) is 68.8 cm³/mol. The van der Waals surface area contributed by atoms with Crippen LogP contribution in [0.4, 0.5) is 0 Å². The van der Waals surface area contributed by atoms with Crippen LogP contribution in [0.25, 0.3) is 0 Å². The third-order valence-electron chi connectivity index (χ3n) is 2.66. The Hall–Kier alpha value is -1.84. The second kappa shape index (κ2) is 7.48. The van der Waals surface area contributed by atoms with E-state index in [0.717, 1.165) is 5.56 Å². The molecule has 0 spiro atoms. The fourth-order valence-corrected chi connectivity index (χ4v) is 1.57. The first-order chi connectivity index (χ1) is 8.63. The Morgan fingerprint density at radius 3 is 2.44 bits per heavy atom. The highest BCUT2D eigenvalue weighted by molar-refractivity contribution is 5.74. The predicted octanol–water partition coefficient (Wildman–Crippen LogP) is 1.99. The highest BCUT2D eigenvalue weighted by atomic mass is 16.5. The van der Waals surface area contributed by atoms with Gasteiger partial charge in [0.2, 0.25) is 5.91 Å². The Balaban J connectivity index is 2.28. The summed E-state index contributed by atoms with van der Waals surface area (Å²) in [5.41, 5.74) is 0.963. The van der Waals surface area contributed by atoms with Crippen molar-refractivity contribution >= 4 is 11.9 Å². The molecule has 1 rings (SSSR count). The Bertz CT molecular complexity index is 389. The van der Waals surface area contributed by atoms with Gasteiger partial charge in [-0.1, -0.05) is 30.3 Å². The van der Waals surface area contributed by atoms with E-state index in [-0.39, 0.29) is 24.9 Å². The van der Waals surface area contributed by atoms with Gasteiger partial charge in [0.15, 0.2) is 0 Å². The van der Waals surface area contributed by atoms with E-state index < -0.39 is 0 Å². The van der Waals surface area contributed by atoms with E-state index in [0.29, 0.717) is 13.1 Å². The molecule has 18 heavy (non-hydrogen) atoms. The number of hydrogen-bond donors (Lipinski definition) is 0. The number of benzene rings is 1. The van der Waals surface area contributed by atoms with Gasteiger partial charge in [-0.2, -0.15) is 0 Å². The summed E-state index contributed by atoms with van der Waals surface area (Å²) in [6.45, 7) is 4.70. The van der Waals surface area contributed by atoms with Gasteiger partial charge in [0, 0.05) is 20.0 Å². The average Bonchev–Trinajstić information content (AvgIpc) is 2.38. The fourth-order valence-electron chi connectivity index (χ4n) is 1.57. The quantitative estimate of drug-likeness (QED) is 0.724. The van der Waals surface area contributed by atoms with Gasteiger partial charge in [-0.3, -0.25) is 9.59 Å². The number of ether oxygens (including phenoxy) is 1. The molecule has 4 nitrogen and oxygen atoms in total. The van der Waals surface area contributed by atoms with Gasteiger partial charge in [0.1, 0.15) is 6.61 Å². The van der Waals surface area contributed by atoms with Gasteiger partial charge in [-0.15, -0.1) is 0 Å². The van der Waals surface area contributed by atoms with Crippen molar-refractivity contribution in [1.29, 1.82) is 0 Å². The molecule has 98 valence electrons. The van der Waals surface area contributed by atoms with Crippen molar-refractivity contribution < 1.29 is 14.3 Å². The smallest absolute Gasteiger partial charge is 0.307 e. The first-order valence-electron chi connectivity index (χ1n) is 6.08. The molecule has 0 N–H and O–H groups in total. The lowest BCUT2D eigenvalue weighted by Gasteiger charge is -2.17. The molecule has 0 unspecified atom stereocenters. The largest absolute Gasteiger partial charge is 0.461 e. The van der Waals surface area contributed by atoms with Crippen molar-refractivity contribution in [2.45, 2.75) is 26.9 Å². The minimum Gasteiger partial charge on any atom is -0.461 e. The van der Waals surface area contributed by atoms with Crippen molar-refractivity contribution in [1.82, 2.24) is 4.90 Å². The standard InChI is InChI=1S/C14H19NO3/c1-3-15(12(2)16)10-9-14(17)18-11-13-7-5-4-6-8-13/h4-8H,3,9-11H2,1-2H3. The van der Waals surface area contributed by atoms with Crippen LogP contribution in [0.3, 0.4) is 0 Å². The van der Waals surface area contributed by atoms with Crippen molar-refractivity contribution in [3.63, 3.8) is 0 Å². The van der Waals surface area contributed by atoms with Crippen LogP contribution in [-0.4, -0.2) is 29.9 Å². The van der Waals surface area contributed by atoms with Crippen molar-refractivity contribution in [3.8, 4) is 0 Å². The molecule has 0 bridgehead atoms. The van der Waals surface area contributed by atoms with Gasteiger partial charge in [-0.25, -0.2) is 0 Å². The molecule has 4 heteroatoms. The Morgan fingerprint density at radius 2 is 1.89 bits per heavy atom. The van der Waals surface area contributed by atoms with E-state index >= 15 is 0 Å². The molecule has 0 radical (unpaired) electrons. The zero-order chi connectivity index (χ0) is 13.4. The zero-order valence-electron chi connectivity index (χ0n) is 10.9. The van der Waals surface area contributed by atoms with Gasteiger partial charge in [0.05, 0.1) is 6.42 Å². The minimum absolute atomic E-state index is 0.0200. The first kappa shape index (κ1) is 14.2. The lowest BCUT2D eigenvalue weighted by Crippen LogP contribution is -2.30. The van der Waals surface area contributed by atoms with Gasteiger partial charge >= 0.3 is 5.97 Å². The van der Waals surface area contributed by atoms with Crippen molar-refractivity contribution in [2.24, 2.45) is 0 Å². The molecule has 0 saturated heterocycles. The molecule has 0 heterocycles. The molecule has 1 amide bonds. The molecule has 0 saturated carbocycles. The van der Waals surface area contributed by atoms with E-state index in [9.17, 15) is 9.59 Å². The number of carbonyl (C=O) groups is 2. The molecule has 1 aromatic rings. The Labute approximate surface area is 108 Å². The summed E-state index contributed by atoms with van der Waals surface area (Å²) in [7, 11) is 0. The van der Waals surface area contributed by atoms with E-state index in [1.54, 1.807) is 4.90 Å². The van der Waals surface area contributed by atoms with Crippen LogP contribution in [0.15, 0.2) is 30.3 Å². The second-order valence-electron chi connectivity index (χ2n) is 3.99. The van der Waals surface area contributed by atoms with Gasteiger partial charge in [0.25, 0.3) is 0 Å². The molecule has 0 aliphatic rings. The fraction of sp³-hybridized carbons (Fsp3) is 0.429. The summed E-state index contributed by atoms with van der Waals surface area (Å²) in [5, 5.41) is 0. The molecular weight excluding hydrogens is 230 g/mol. The molecule has 0 aliphatic carbocycles. The van der Waals surface area contributed by atoms with Crippen molar-refractivity contribution in [2.75, 3.05) is 13.1 Å². The summed E-state index contributed by atoms with van der Waals surface area (Å²) in [5.74, 6) is -0.299. The van der Waals surface area contributed by atoms with Crippen molar-refractivity contribution in [3.05, 3.63) is 35.9 Å². The van der Waals surface area contributed by atoms with Crippen LogP contribution in [0, 0.1) is 0 Å². The molecule has 1 aromatic carbocycles. The molecule has 0 atom stereocenters. The van der Waals surface area contributed by atoms with Crippen LogP contribution >= 0.6 is 0 Å². The maximum atomic E-state index is 11.5. The van der Waals surface area contributed by atoms with E-state index in [1.165, 1.54) is 6.92 Å². The number of esters is 1. The lowest BCUT2D eigenvalue weighted by atomic mass is 10.2. The zero-order valence-corrected chi connectivity index (χ0v) is 10.9. The summed E-state index contributed by atoms with van der Waals surface area (Å²) in [6.07, 6.45) is 0.236. The number of carbonyl (C=O) groups excluding carboxylic acids is 2. The van der Waals surface area contributed by atoms with Gasteiger partial charge in [-0.05, 0) is 12.5 Å². The van der Waals surface area contributed by atoms with Crippen LogP contribution in [-0.2, 0) is 20.9 Å². The third-order valence-corrected chi connectivity index (χ3v) is 2.66. The lowest BCUT2D eigenvalue weighted by molar-refractivity contribution is -0.145. The highest BCUT2D eigenvalue weighted by Gasteiger charge is 2.09. The third kappa shape index (κ3) is 4.99. The maximum Gasteiger partial charge on any atom is 0.307 e. The minimum atomic E-state index is -0.279. The van der Waals surface area contributed by atoms with Gasteiger partial charge < -0.3 is 9.64 Å².